The van der Waals surface area contributed by atoms with Crippen LogP contribution in [0.5, 0.6) is 0 Å². The summed E-state index contributed by atoms with van der Waals surface area (Å²) in [5.74, 6) is -0.164. The van der Waals surface area contributed by atoms with Gasteiger partial charge in [-0.15, -0.1) is 0 Å². The summed E-state index contributed by atoms with van der Waals surface area (Å²) in [6.07, 6.45) is -2.10. The van der Waals surface area contributed by atoms with Gasteiger partial charge in [0.15, 0.2) is 11.2 Å². The number of ether oxygens (including phenoxy) is 1. The Hall–Kier alpha value is -1.67. The number of aliphatic hydroxyl groups is 1. The minimum Gasteiger partial charge on any atom is -0.756 e. The number of nitrogens with one attached hydrogen (secondary N) is 1. The number of aromatic nitrogens is 4. The van der Waals surface area contributed by atoms with Crippen molar-refractivity contribution < 1.29 is 42.5 Å². The molecule has 3 heterocycles. The van der Waals surface area contributed by atoms with E-state index in [1.54, 1.807) is 0 Å². The van der Waals surface area contributed by atoms with Crippen LogP contribution >= 0.6 is 15.6 Å². The number of phosphoric ester groups is 1. The van der Waals surface area contributed by atoms with Gasteiger partial charge in [-0.05, 0) is 0 Å². The van der Waals surface area contributed by atoms with Crippen LogP contribution < -0.4 is 21.1 Å². The van der Waals surface area contributed by atoms with Crippen molar-refractivity contribution in [3.05, 3.63) is 16.7 Å². The second-order valence-corrected chi connectivity index (χ2v) is 8.24. The van der Waals surface area contributed by atoms with Gasteiger partial charge < -0.3 is 34.8 Å². The minimum atomic E-state index is -5.57. The van der Waals surface area contributed by atoms with Crippen molar-refractivity contribution in [1.29, 1.82) is 0 Å². The molecule has 0 aliphatic carbocycles. The summed E-state index contributed by atoms with van der Waals surface area (Å²) < 4.78 is 36.3. The Balaban J connectivity index is 1.73. The molecule has 27 heavy (non-hydrogen) atoms. The van der Waals surface area contributed by atoms with Crippen molar-refractivity contribution in [1.82, 2.24) is 19.5 Å². The standard InChI is InChI=1S/C10H15N5O10P2/c11-10-13-8-7(9(17)14-10)12-3-15(8)6-1-4(16)5(24-6)2-23-27(21,22)25-26(18,19)20/h3-6,16H,1-2H2,(H,21,22)(H2,18,19,20)(H3,11,13,14,17)/p-2/t4-,5+,6+/m0/s1. The number of imidazole rings is 1. The van der Waals surface area contributed by atoms with Gasteiger partial charge in [0.05, 0.1) is 19.0 Å². The number of hydrogen-bond acceptors (Lipinski definition) is 12. The SMILES string of the molecule is Nc1nc2c(ncn2[C@H]2C[C@H](O)[C@@H](COP(=O)([O-])OP(=O)([O-])O)O2)c(=O)[nH]1. The van der Waals surface area contributed by atoms with Crippen LogP contribution in [0.3, 0.4) is 0 Å². The summed E-state index contributed by atoms with van der Waals surface area (Å²) >= 11 is 0. The normalized spacial score (nSPS) is 27.5. The van der Waals surface area contributed by atoms with E-state index in [0.717, 1.165) is 0 Å². The fraction of sp³-hybridized carbons (Fsp3) is 0.500. The van der Waals surface area contributed by atoms with Gasteiger partial charge in [0.25, 0.3) is 21.2 Å². The number of aromatic amines is 1. The Morgan fingerprint density at radius 2 is 2.19 bits per heavy atom. The van der Waals surface area contributed by atoms with Crippen LogP contribution in [0.2, 0.25) is 0 Å². The molecule has 2 aromatic rings. The molecule has 150 valence electrons. The summed E-state index contributed by atoms with van der Waals surface area (Å²) in [6, 6.07) is 0. The zero-order chi connectivity index (χ0) is 20.0. The van der Waals surface area contributed by atoms with Crippen LogP contribution in [0, 0.1) is 0 Å². The van der Waals surface area contributed by atoms with Gasteiger partial charge in [-0.2, -0.15) is 4.98 Å². The van der Waals surface area contributed by atoms with Crippen LogP contribution in [-0.4, -0.2) is 48.3 Å². The largest absolute Gasteiger partial charge is 0.756 e. The van der Waals surface area contributed by atoms with Gasteiger partial charge in [0.2, 0.25) is 5.95 Å². The van der Waals surface area contributed by atoms with E-state index in [0.29, 0.717) is 0 Å². The second kappa shape index (κ2) is 7.05. The van der Waals surface area contributed by atoms with Crippen molar-refractivity contribution in [3.8, 4) is 0 Å². The zero-order valence-electron chi connectivity index (χ0n) is 13.2. The summed E-state index contributed by atoms with van der Waals surface area (Å²) in [7, 11) is -11.0. The highest BCUT2D eigenvalue weighted by molar-refractivity contribution is 7.59. The Morgan fingerprint density at radius 3 is 2.85 bits per heavy atom. The van der Waals surface area contributed by atoms with Crippen LogP contribution in [0.1, 0.15) is 12.6 Å². The third kappa shape index (κ3) is 4.60. The Bertz CT molecular complexity index is 1000. The smallest absolute Gasteiger partial charge is 0.280 e. The van der Waals surface area contributed by atoms with E-state index in [2.05, 4.69) is 23.8 Å². The van der Waals surface area contributed by atoms with E-state index in [-0.39, 0.29) is 23.5 Å². The number of H-pyrrole nitrogens is 1. The number of phosphoric acid groups is 2. The molecule has 0 saturated carbocycles. The molecule has 0 radical (unpaired) electrons. The molecule has 3 rings (SSSR count). The molecule has 0 spiro atoms. The number of aliphatic hydroxyl groups excluding tert-OH is 1. The molecule has 2 aromatic heterocycles. The summed E-state index contributed by atoms with van der Waals surface area (Å²) in [6.45, 7) is -0.790. The number of hydrogen-bond donors (Lipinski definition) is 4. The number of nitrogen functional groups attached to an aromatic ring is 1. The van der Waals surface area contributed by atoms with Crippen molar-refractivity contribution in [2.24, 2.45) is 0 Å². The number of rotatable bonds is 6. The number of nitrogens with zero attached hydrogens (tertiary/aromatic N) is 3. The first-order chi connectivity index (χ1) is 12.5. The third-order valence-electron chi connectivity index (χ3n) is 3.57. The minimum absolute atomic E-state index is 0.0198. The maximum absolute atomic E-state index is 11.8. The van der Waals surface area contributed by atoms with Gasteiger partial charge in [-0.3, -0.25) is 23.5 Å². The topological polar surface area (TPSA) is 238 Å². The highest BCUT2D eigenvalue weighted by atomic mass is 31.3. The molecular formula is C10H13N5O10P2-2. The molecule has 1 aliphatic rings. The Morgan fingerprint density at radius 1 is 1.48 bits per heavy atom. The van der Waals surface area contributed by atoms with Gasteiger partial charge in [0, 0.05) is 6.42 Å². The van der Waals surface area contributed by atoms with Gasteiger partial charge in [-0.25, -0.2) is 9.29 Å². The fourth-order valence-electron chi connectivity index (χ4n) is 2.50. The van der Waals surface area contributed by atoms with Crippen molar-refractivity contribution in [2.45, 2.75) is 24.9 Å². The Labute approximate surface area is 149 Å². The predicted octanol–water partition coefficient (Wildman–Crippen LogP) is -2.69. The van der Waals surface area contributed by atoms with Crippen molar-refractivity contribution in [3.63, 3.8) is 0 Å². The first kappa shape index (κ1) is 20.1. The summed E-state index contributed by atoms with van der Waals surface area (Å²) in [4.78, 5) is 52.0. The average molecular weight is 425 g/mol. The first-order valence-corrected chi connectivity index (χ1v) is 10.2. The van der Waals surface area contributed by atoms with Crippen molar-refractivity contribution >= 4 is 32.8 Å². The van der Waals surface area contributed by atoms with Gasteiger partial charge in [0.1, 0.15) is 12.3 Å². The molecule has 1 saturated heterocycles. The molecule has 0 amide bonds. The van der Waals surface area contributed by atoms with Crippen molar-refractivity contribution in [2.75, 3.05) is 12.3 Å². The monoisotopic (exact) mass is 425 g/mol. The van der Waals surface area contributed by atoms with E-state index in [9.17, 15) is 28.8 Å². The van der Waals surface area contributed by atoms with Gasteiger partial charge >= 0.3 is 0 Å². The first-order valence-electron chi connectivity index (χ1n) is 7.22. The lowest BCUT2D eigenvalue weighted by Gasteiger charge is -2.28. The molecular weight excluding hydrogens is 412 g/mol. The predicted molar refractivity (Wildman–Crippen MR) is 81.6 cm³/mol. The quantitative estimate of drug-likeness (QED) is 0.345. The van der Waals surface area contributed by atoms with E-state index in [4.69, 9.17) is 15.4 Å². The molecule has 0 aromatic carbocycles. The molecule has 5 N–H and O–H groups in total. The molecule has 2 unspecified atom stereocenters. The zero-order valence-corrected chi connectivity index (χ0v) is 15.0. The Kier molecular flexibility index (Phi) is 5.24. The number of nitrogens with two attached hydrogens (primary N) is 1. The van der Waals surface area contributed by atoms with E-state index < -0.39 is 46.2 Å². The molecule has 1 fully saturated rings. The maximum atomic E-state index is 11.8. The third-order valence-corrected chi connectivity index (χ3v) is 5.66. The van der Waals surface area contributed by atoms with Gasteiger partial charge in [-0.1, -0.05) is 0 Å². The van der Waals surface area contributed by atoms with E-state index >= 15 is 0 Å². The summed E-state index contributed by atoms with van der Waals surface area (Å²) in [5.41, 5.74) is 4.97. The fourth-order valence-corrected chi connectivity index (χ4v) is 4.03. The highest BCUT2D eigenvalue weighted by Crippen LogP contribution is 2.52. The summed E-state index contributed by atoms with van der Waals surface area (Å²) in [5, 5.41) is 10.0. The molecule has 17 heteroatoms. The van der Waals surface area contributed by atoms with E-state index in [1.807, 2.05) is 0 Å². The van der Waals surface area contributed by atoms with Crippen LogP contribution in [0.4, 0.5) is 5.95 Å². The number of fused-ring (bicyclic) bond motifs is 1. The number of anilines is 1. The molecule has 1 aliphatic heterocycles. The lowest BCUT2D eigenvalue weighted by molar-refractivity contribution is -0.242. The lowest BCUT2D eigenvalue weighted by atomic mass is 10.2. The molecule has 15 nitrogen and oxygen atoms in total. The molecule has 0 bridgehead atoms. The second-order valence-electron chi connectivity index (χ2n) is 5.50. The highest BCUT2D eigenvalue weighted by Gasteiger charge is 2.37. The molecule has 5 atom stereocenters. The van der Waals surface area contributed by atoms with Crippen LogP contribution in [0.25, 0.3) is 11.2 Å². The maximum Gasteiger partial charge on any atom is 0.280 e. The van der Waals surface area contributed by atoms with E-state index in [1.165, 1.54) is 10.9 Å². The van der Waals surface area contributed by atoms with Crippen LogP contribution in [0.15, 0.2) is 11.1 Å². The van der Waals surface area contributed by atoms with Crippen LogP contribution in [-0.2, 0) is 22.7 Å². The average Bonchev–Trinajstić information content (AvgIpc) is 3.06. The lowest BCUT2D eigenvalue weighted by Crippen LogP contribution is -2.27.